The van der Waals surface area contributed by atoms with Gasteiger partial charge in [0.15, 0.2) is 9.84 Å². The van der Waals surface area contributed by atoms with Crippen LogP contribution in [-0.2, 0) is 9.84 Å². The summed E-state index contributed by atoms with van der Waals surface area (Å²) in [5.41, 5.74) is 7.15. The number of sulfone groups is 1. The molecule has 1 aromatic heterocycles. The number of hydrogen-bond acceptors (Lipinski definition) is 6. The summed E-state index contributed by atoms with van der Waals surface area (Å²) in [6, 6.07) is 9.39. The van der Waals surface area contributed by atoms with Crippen LogP contribution in [0.3, 0.4) is 0 Å². The molecule has 0 spiro atoms. The molecule has 0 bridgehead atoms. The maximum atomic E-state index is 11.5. The summed E-state index contributed by atoms with van der Waals surface area (Å²) >= 11 is 1.42. The Labute approximate surface area is 121 Å². The fraction of sp³-hybridized carbons (Fsp3) is 0.385. The fourth-order valence-electron chi connectivity index (χ4n) is 2.33. The normalized spacial score (nSPS) is 22.8. The van der Waals surface area contributed by atoms with E-state index in [1.807, 2.05) is 30.3 Å². The Morgan fingerprint density at radius 2 is 2.00 bits per heavy atom. The lowest BCUT2D eigenvalue weighted by Gasteiger charge is -2.07. The summed E-state index contributed by atoms with van der Waals surface area (Å²) in [6.07, 6.45) is 0.636. The highest BCUT2D eigenvalue weighted by atomic mass is 32.2. The minimum Gasteiger partial charge on any atom is -0.318 e. The molecule has 7 heteroatoms. The van der Waals surface area contributed by atoms with Gasteiger partial charge in [-0.1, -0.05) is 41.7 Å². The van der Waals surface area contributed by atoms with Crippen LogP contribution >= 0.6 is 11.3 Å². The molecule has 2 heterocycles. The minimum absolute atomic E-state index is 0.0192. The lowest BCUT2D eigenvalue weighted by Crippen LogP contribution is -2.11. The summed E-state index contributed by atoms with van der Waals surface area (Å²) in [7, 11) is -2.90. The highest BCUT2D eigenvalue weighted by Crippen LogP contribution is 2.32. The molecule has 0 amide bonds. The van der Waals surface area contributed by atoms with Crippen LogP contribution in [0.1, 0.15) is 34.0 Å². The van der Waals surface area contributed by atoms with Gasteiger partial charge >= 0.3 is 0 Å². The molecule has 1 aromatic carbocycles. The first-order chi connectivity index (χ1) is 9.55. The van der Waals surface area contributed by atoms with Gasteiger partial charge in [0.25, 0.3) is 0 Å². The van der Waals surface area contributed by atoms with Crippen molar-refractivity contribution in [2.75, 3.05) is 11.5 Å². The maximum absolute atomic E-state index is 11.5. The van der Waals surface area contributed by atoms with Crippen LogP contribution in [0, 0.1) is 0 Å². The number of hydrogen-bond donors (Lipinski definition) is 1. The van der Waals surface area contributed by atoms with Crippen molar-refractivity contribution in [1.82, 2.24) is 10.2 Å². The molecule has 20 heavy (non-hydrogen) atoms. The van der Waals surface area contributed by atoms with Gasteiger partial charge in [0, 0.05) is 5.92 Å². The monoisotopic (exact) mass is 309 g/mol. The number of nitrogens with two attached hydrogens (primary N) is 1. The Bertz CT molecular complexity index is 697. The van der Waals surface area contributed by atoms with Crippen LogP contribution in [0.25, 0.3) is 0 Å². The molecule has 1 aliphatic rings. The van der Waals surface area contributed by atoms with Crippen LogP contribution < -0.4 is 5.73 Å². The van der Waals surface area contributed by atoms with Crippen LogP contribution in [0.15, 0.2) is 30.3 Å². The molecule has 0 radical (unpaired) electrons. The molecule has 0 aliphatic carbocycles. The maximum Gasteiger partial charge on any atom is 0.151 e. The lowest BCUT2D eigenvalue weighted by molar-refractivity contribution is 0.601. The quantitative estimate of drug-likeness (QED) is 0.928. The molecule has 1 fully saturated rings. The molecular formula is C13H15N3O2S2. The van der Waals surface area contributed by atoms with E-state index in [2.05, 4.69) is 10.2 Å². The summed E-state index contributed by atoms with van der Waals surface area (Å²) < 4.78 is 23.0. The predicted octanol–water partition coefficient (Wildman–Crippen LogP) is 1.49. The van der Waals surface area contributed by atoms with Crippen molar-refractivity contribution in [3.63, 3.8) is 0 Å². The second-order valence-corrected chi connectivity index (χ2v) is 8.24. The van der Waals surface area contributed by atoms with E-state index in [4.69, 9.17) is 5.73 Å². The molecule has 3 rings (SSSR count). The molecule has 2 aromatic rings. The number of rotatable bonds is 3. The van der Waals surface area contributed by atoms with E-state index in [-0.39, 0.29) is 23.5 Å². The van der Waals surface area contributed by atoms with Crippen molar-refractivity contribution in [2.45, 2.75) is 18.4 Å². The minimum atomic E-state index is -2.90. The molecule has 106 valence electrons. The smallest absolute Gasteiger partial charge is 0.151 e. The summed E-state index contributed by atoms with van der Waals surface area (Å²) in [5, 5.41) is 9.78. The summed E-state index contributed by atoms with van der Waals surface area (Å²) in [6.45, 7) is 0. The highest BCUT2D eigenvalue weighted by molar-refractivity contribution is 7.91. The van der Waals surface area contributed by atoms with Crippen LogP contribution in [0.4, 0.5) is 0 Å². The van der Waals surface area contributed by atoms with Gasteiger partial charge in [-0.15, -0.1) is 10.2 Å². The van der Waals surface area contributed by atoms with E-state index in [1.165, 1.54) is 11.3 Å². The molecule has 2 atom stereocenters. The summed E-state index contributed by atoms with van der Waals surface area (Å²) in [4.78, 5) is 0. The van der Waals surface area contributed by atoms with E-state index < -0.39 is 9.84 Å². The predicted molar refractivity (Wildman–Crippen MR) is 78.4 cm³/mol. The van der Waals surface area contributed by atoms with Gasteiger partial charge < -0.3 is 5.73 Å². The Balaban J connectivity index is 1.81. The second-order valence-electron chi connectivity index (χ2n) is 4.97. The number of benzene rings is 1. The van der Waals surface area contributed by atoms with E-state index >= 15 is 0 Å². The number of nitrogens with zero attached hydrogens (tertiary/aromatic N) is 2. The largest absolute Gasteiger partial charge is 0.318 e. The van der Waals surface area contributed by atoms with Gasteiger partial charge in [-0.25, -0.2) is 8.42 Å². The molecule has 5 nitrogen and oxygen atoms in total. The van der Waals surface area contributed by atoms with E-state index in [1.54, 1.807) is 0 Å². The van der Waals surface area contributed by atoms with Crippen molar-refractivity contribution in [1.29, 1.82) is 0 Å². The molecule has 2 unspecified atom stereocenters. The van der Waals surface area contributed by atoms with Crippen molar-refractivity contribution in [2.24, 2.45) is 5.73 Å². The third-order valence-corrected chi connectivity index (χ3v) is 6.40. The van der Waals surface area contributed by atoms with Gasteiger partial charge in [-0.3, -0.25) is 0 Å². The topological polar surface area (TPSA) is 85.9 Å². The van der Waals surface area contributed by atoms with E-state index in [0.717, 1.165) is 15.6 Å². The van der Waals surface area contributed by atoms with Gasteiger partial charge in [-0.2, -0.15) is 0 Å². The second kappa shape index (κ2) is 5.23. The average Bonchev–Trinajstić information content (AvgIpc) is 3.05. The van der Waals surface area contributed by atoms with Crippen molar-refractivity contribution in [3.8, 4) is 0 Å². The molecular weight excluding hydrogens is 294 g/mol. The molecule has 1 aliphatic heterocycles. The number of aromatic nitrogens is 2. The Kier molecular flexibility index (Phi) is 3.57. The van der Waals surface area contributed by atoms with Crippen LogP contribution in [-0.4, -0.2) is 30.1 Å². The Morgan fingerprint density at radius 3 is 2.65 bits per heavy atom. The van der Waals surface area contributed by atoms with Crippen LogP contribution in [0.2, 0.25) is 0 Å². The molecule has 2 N–H and O–H groups in total. The first-order valence-electron chi connectivity index (χ1n) is 6.39. The van der Waals surface area contributed by atoms with E-state index in [9.17, 15) is 8.42 Å². The van der Waals surface area contributed by atoms with Gasteiger partial charge in [-0.05, 0) is 12.0 Å². The first-order valence-corrected chi connectivity index (χ1v) is 9.03. The zero-order chi connectivity index (χ0) is 14.2. The zero-order valence-electron chi connectivity index (χ0n) is 10.8. The SMILES string of the molecule is NC(c1ccccc1)c1nnc(C2CCS(=O)(=O)C2)s1. The standard InChI is InChI=1S/C13H15N3O2S2/c14-11(9-4-2-1-3-5-9)13-16-15-12(19-13)10-6-7-20(17,18)8-10/h1-5,10-11H,6-8,14H2. The van der Waals surface area contributed by atoms with Crippen LogP contribution in [0.5, 0.6) is 0 Å². The fourth-order valence-corrected chi connectivity index (χ4v) is 5.19. The van der Waals surface area contributed by atoms with Gasteiger partial charge in [0.1, 0.15) is 10.0 Å². The van der Waals surface area contributed by atoms with Crippen molar-refractivity contribution >= 4 is 21.2 Å². The van der Waals surface area contributed by atoms with Gasteiger partial charge in [0.05, 0.1) is 17.5 Å². The third-order valence-electron chi connectivity index (χ3n) is 3.46. The summed E-state index contributed by atoms with van der Waals surface area (Å²) in [5.74, 6) is 0.411. The Morgan fingerprint density at radius 1 is 1.25 bits per heavy atom. The molecule has 1 saturated heterocycles. The lowest BCUT2D eigenvalue weighted by atomic mass is 10.1. The third kappa shape index (κ3) is 2.74. The van der Waals surface area contributed by atoms with Gasteiger partial charge in [0.2, 0.25) is 0 Å². The first kappa shape index (κ1) is 13.7. The van der Waals surface area contributed by atoms with Crippen molar-refractivity contribution in [3.05, 3.63) is 45.9 Å². The highest BCUT2D eigenvalue weighted by Gasteiger charge is 2.32. The average molecular weight is 309 g/mol. The zero-order valence-corrected chi connectivity index (χ0v) is 12.4. The van der Waals surface area contributed by atoms with E-state index in [0.29, 0.717) is 6.42 Å². The van der Waals surface area contributed by atoms with Crippen molar-refractivity contribution < 1.29 is 8.42 Å². The Hall–Kier alpha value is -1.31. The molecule has 0 saturated carbocycles.